The Morgan fingerprint density at radius 1 is 0.306 bits per heavy atom. The molecule has 0 saturated heterocycles. The summed E-state index contributed by atoms with van der Waals surface area (Å²) in [5.41, 5.74) is 24.4. The van der Waals surface area contributed by atoms with Gasteiger partial charge in [-0.15, -0.1) is 24.0 Å². The van der Waals surface area contributed by atoms with Crippen LogP contribution >= 0.6 is 72.8 Å². The molecule has 6 N–H and O–H groups in total. The average molecular weight is 2340 g/mol. The van der Waals surface area contributed by atoms with Crippen molar-refractivity contribution in [2.45, 2.75) is 326 Å². The fourth-order valence-electron chi connectivity index (χ4n) is 21.6. The van der Waals surface area contributed by atoms with Crippen molar-refractivity contribution in [2.75, 3.05) is 11.5 Å². The fraction of sp³-hybridized carbons (Fsp3) is 0.436. The summed E-state index contributed by atoms with van der Waals surface area (Å²) >= 11 is 9.90. The van der Waals surface area contributed by atoms with Crippen LogP contribution in [0.1, 0.15) is 372 Å². The highest BCUT2D eigenvalue weighted by Gasteiger charge is 2.41. The van der Waals surface area contributed by atoms with Crippen LogP contribution in [0.5, 0.6) is 57.5 Å². The third kappa shape index (κ3) is 28.7. The number of non-ortho nitro benzene ring substituents is 3. The molecule has 772 valence electrons. The first-order chi connectivity index (χ1) is 67.7. The number of aryl methyl sites for hydroxylation is 3. The monoisotopic (exact) mass is 2330 g/mol. The third-order valence-electron chi connectivity index (χ3n) is 30.3. The second kappa shape index (κ2) is 51.1. The van der Waals surface area contributed by atoms with E-state index in [4.69, 9.17) is 42.0 Å². The molecule has 11 aromatic rings. The van der Waals surface area contributed by atoms with Crippen LogP contribution in [-0.4, -0.2) is 25.0 Å². The molecule has 0 bridgehead atoms. The van der Waals surface area contributed by atoms with Crippen molar-refractivity contribution in [2.24, 2.45) is 0 Å². The Labute approximate surface area is 889 Å². The maximum Gasteiger partial charge on any atom is 0.420 e. The van der Waals surface area contributed by atoms with Crippen molar-refractivity contribution in [1.82, 2.24) is 0 Å². The first kappa shape index (κ1) is 114. The molecule has 17 nitrogen and oxygen atoms in total. The Hall–Kier alpha value is -9.92. The van der Waals surface area contributed by atoms with Crippen molar-refractivity contribution in [3.8, 4) is 57.5 Å². The average Bonchev–Trinajstić information content (AvgIpc) is 0.767. The van der Waals surface area contributed by atoms with Gasteiger partial charge in [0.2, 0.25) is 0 Å². The molecule has 144 heavy (non-hydrogen) atoms. The van der Waals surface area contributed by atoms with Gasteiger partial charge in [-0.25, -0.2) is 0 Å². The zero-order chi connectivity index (χ0) is 102. The molecule has 6 aliphatic rings. The second-order valence-electron chi connectivity index (χ2n) is 41.0. The lowest BCUT2D eigenvalue weighted by Gasteiger charge is -2.32. The number of rotatable bonds is 23. The van der Waals surface area contributed by atoms with E-state index in [1.54, 1.807) is 26.0 Å². The number of benzene rings is 11. The lowest BCUT2D eigenvalue weighted by molar-refractivity contribution is -0.385. The number of phenols is 2. The smallest absolute Gasteiger partial charge is 0.420 e. The van der Waals surface area contributed by atoms with Crippen molar-refractivity contribution < 1.29 is 70.3 Å². The second-order valence-corrected chi connectivity index (χ2v) is 41.4. The molecular weight excluding hydrogens is 2200 g/mol. The number of nitrogens with zero attached hydrogens (tertiary/aromatic N) is 3. The fourth-order valence-corrected chi connectivity index (χ4v) is 21.7. The Morgan fingerprint density at radius 2 is 0.528 bits per heavy atom. The molecule has 6 fully saturated rings. The van der Waals surface area contributed by atoms with Crippen LogP contribution in [0.4, 0.5) is 54.8 Å². The van der Waals surface area contributed by atoms with Gasteiger partial charge in [-0.2, -0.15) is 26.3 Å². The molecule has 0 heterocycles. The summed E-state index contributed by atoms with van der Waals surface area (Å²) in [5.74, 6) is 5.91. The van der Waals surface area contributed by atoms with Gasteiger partial charge in [-0.05, 0) is 308 Å². The first-order valence-corrected chi connectivity index (χ1v) is 56.8. The van der Waals surface area contributed by atoms with E-state index in [0.29, 0.717) is 68.8 Å². The van der Waals surface area contributed by atoms with Crippen molar-refractivity contribution in [3.05, 3.63) is 330 Å². The number of halogens is 10. The van der Waals surface area contributed by atoms with Gasteiger partial charge in [0.15, 0.2) is 0 Å². The van der Waals surface area contributed by atoms with Gasteiger partial charge in [-0.1, -0.05) is 249 Å². The summed E-state index contributed by atoms with van der Waals surface area (Å²) in [6.45, 7) is 18.8. The summed E-state index contributed by atoms with van der Waals surface area (Å²) < 4.78 is 110. The van der Waals surface area contributed by atoms with E-state index in [0.717, 1.165) is 187 Å². The number of phenolic OH excluding ortho intramolecular Hbond substituents is 2. The van der Waals surface area contributed by atoms with E-state index < -0.39 is 55.1 Å². The van der Waals surface area contributed by atoms with Gasteiger partial charge >= 0.3 is 12.4 Å². The summed E-state index contributed by atoms with van der Waals surface area (Å²) in [5, 5.41) is 54.5. The molecule has 0 aliphatic heterocycles. The quantitative estimate of drug-likeness (QED) is 0.0153. The normalized spacial score (nSPS) is 16.0. The molecule has 0 aromatic heterocycles. The van der Waals surface area contributed by atoms with Crippen LogP contribution < -0.4 is 30.4 Å². The largest absolute Gasteiger partial charge is 0.508 e. The van der Waals surface area contributed by atoms with Gasteiger partial charge < -0.3 is 40.6 Å². The molecule has 0 unspecified atom stereocenters. The number of aromatic hydroxyl groups is 2. The number of ether oxygens (including phenoxy) is 4. The number of nitro benzene ring substituents is 3. The van der Waals surface area contributed by atoms with Crippen molar-refractivity contribution in [1.29, 1.82) is 0 Å². The maximum absolute atomic E-state index is 14.1. The molecule has 11 aromatic carbocycles. The minimum absolute atomic E-state index is 0. The number of nitrogen functional groups attached to an aromatic ring is 2. The van der Waals surface area contributed by atoms with Crippen LogP contribution in [0, 0.1) is 51.1 Å². The molecule has 0 spiro atoms. The van der Waals surface area contributed by atoms with Gasteiger partial charge in [0, 0.05) is 106 Å². The van der Waals surface area contributed by atoms with Crippen LogP contribution in [0.15, 0.2) is 200 Å². The summed E-state index contributed by atoms with van der Waals surface area (Å²) in [6.07, 6.45) is 24.6. The van der Waals surface area contributed by atoms with Gasteiger partial charge in [0.25, 0.3) is 17.1 Å². The number of anilines is 2. The first-order valence-electron chi connectivity index (χ1n) is 50.1. The van der Waals surface area contributed by atoms with E-state index >= 15 is 0 Å². The Kier molecular flexibility index (Phi) is 40.6. The minimum Gasteiger partial charge on any atom is -0.508 e. The van der Waals surface area contributed by atoms with Crippen molar-refractivity contribution in [3.63, 3.8) is 0 Å². The zero-order valence-corrected chi connectivity index (χ0v) is 90.4. The topological polar surface area (TPSA) is 259 Å². The number of nitrogens with two attached hydrogens (primary N) is 2. The molecule has 6 saturated carbocycles. The summed E-state index contributed by atoms with van der Waals surface area (Å²) in [4.78, 5) is 31.1. The highest BCUT2D eigenvalue weighted by atomic mass is 128. The molecule has 0 radical (unpaired) electrons. The van der Waals surface area contributed by atoms with Gasteiger partial charge in [-0.3, -0.25) is 30.3 Å². The molecule has 0 amide bonds. The Morgan fingerprint density at radius 3 is 0.812 bits per heavy atom. The predicted molar refractivity (Wildman–Crippen MR) is 594 cm³/mol. The van der Waals surface area contributed by atoms with E-state index in [2.05, 4.69) is 139 Å². The molecule has 6 aliphatic carbocycles. The standard InChI is InChI=1S/C41H43F3N2O6.C41H47F3N2O2.C27H36O2.C7H6ClNO2.CH4.I2.HI/c1-26-22-31(45(47)48)16-20-36(26)51-37-18-14-29(23-33(37)27-10-6-4-7-11-27)40(2,3)30-15-19-38(34(24-30)28-12-8-5-9-13-28)52-39-21-17-32(46(49)50)25-35(39)41(42,43)44;1-26-22-31(45)16-20-36(26)47-37-18-14-29(23-33(37)27-10-6-4-7-11-27)40(2,3)30-15-19-38(34(24-30)28-12-8-5-9-13-28)48-39-21-17-32(46)25-35(39)41(42,43)44;1-27(2,21-13-15-25(28)23(17-21)19-9-5-3-6-10-19)22-14-16-26(29)24(18-22)20-11-7-4-8-12-20;1-5-4-6(9(10)11)2-3-7(5)8;;1-2;/h14-25,27-28H,4-13H2,1-3H3;14-25,27-28H,4-13,45-46H2,1-3H3;13-20,28-29H,3-12H2,1-2H3;2-4H,1H3;1H4;;1H. The third-order valence-corrected chi connectivity index (χ3v) is 30.7. The predicted octanol–water partition coefficient (Wildman–Crippen LogP) is 38.1. The number of nitro groups is 3. The van der Waals surface area contributed by atoms with Crippen LogP contribution in [0.25, 0.3) is 0 Å². The Balaban J connectivity index is 0.000000198. The molecular formula is C117H137ClF6I3N5O12. The number of alkyl halides is 6. The Bertz CT molecular complexity index is 6170. The number of hydrogen-bond acceptors (Lipinski definition) is 14. The molecule has 0 atom stereocenters. The van der Waals surface area contributed by atoms with E-state index in [9.17, 15) is 66.9 Å². The highest BCUT2D eigenvalue weighted by Crippen LogP contribution is 2.53. The molecule has 17 rings (SSSR count). The summed E-state index contributed by atoms with van der Waals surface area (Å²) in [6, 6.07) is 58.0. The van der Waals surface area contributed by atoms with Crippen LogP contribution in [0.2, 0.25) is 5.02 Å². The van der Waals surface area contributed by atoms with E-state index in [1.165, 1.54) is 161 Å². The van der Waals surface area contributed by atoms with E-state index in [1.807, 2.05) is 67.6 Å². The van der Waals surface area contributed by atoms with Gasteiger partial charge in [0.1, 0.15) is 68.6 Å². The highest BCUT2D eigenvalue weighted by molar-refractivity contribution is 15.0. The molecule has 27 heteroatoms. The van der Waals surface area contributed by atoms with E-state index in [-0.39, 0.29) is 82.8 Å². The van der Waals surface area contributed by atoms with Gasteiger partial charge in [0.05, 0.1) is 14.8 Å². The number of hydrogen-bond donors (Lipinski definition) is 4. The van der Waals surface area contributed by atoms with Crippen molar-refractivity contribution >= 4 is 101 Å². The maximum atomic E-state index is 14.1. The lowest BCUT2D eigenvalue weighted by Crippen LogP contribution is -2.21. The lowest BCUT2D eigenvalue weighted by atomic mass is 9.74. The zero-order valence-electron chi connectivity index (χ0n) is 83.0. The summed E-state index contributed by atoms with van der Waals surface area (Å²) in [7, 11) is 0. The minimum atomic E-state index is -4.85. The van der Waals surface area contributed by atoms with Crippen LogP contribution in [-0.2, 0) is 28.6 Å². The SMILES string of the molecule is C.CC(C)(c1ccc(O)c(C2CCCCC2)c1)c1ccc(O)c(C2CCCCC2)c1.Cc1cc(N)ccc1Oc1ccc(C(C)(C)c2ccc(Oc3ccc(N)cc3C(F)(F)F)c(C3CCCCC3)c2)cc1C1CCCCC1.Cc1cc([N+](=O)[O-])ccc1Cl.Cc1cc([N+](=O)[O-])ccc1Oc1ccc(C(C)(C)c2ccc(Oc3ccc([N+](=O)[O-])cc3C(F)(F)F)c(C3CCCCC3)c2)cc1C1CCCCC1.I.II. The van der Waals surface area contributed by atoms with Crippen LogP contribution in [0.3, 0.4) is 0 Å².